The van der Waals surface area contributed by atoms with E-state index in [1.807, 2.05) is 31.2 Å². The number of carbonyl (C=O) groups excluding carboxylic acids is 1. The Morgan fingerprint density at radius 3 is 2.83 bits per heavy atom. The highest BCUT2D eigenvalue weighted by atomic mass is 16.5. The lowest BCUT2D eigenvalue weighted by atomic mass is 9.94. The minimum atomic E-state index is 0.00196. The molecule has 3 unspecified atom stereocenters. The van der Waals surface area contributed by atoms with E-state index < -0.39 is 0 Å². The molecule has 1 aromatic rings. The summed E-state index contributed by atoms with van der Waals surface area (Å²) in [4.78, 5) is 12.1. The van der Waals surface area contributed by atoms with Crippen LogP contribution in [0, 0.1) is 12.8 Å². The molecule has 0 spiro atoms. The molecule has 0 aromatic heterocycles. The number of hydrogen-bond acceptors (Lipinski definition) is 4. The normalized spacial score (nSPS) is 27.1. The van der Waals surface area contributed by atoms with Gasteiger partial charge in [0.1, 0.15) is 0 Å². The Morgan fingerprint density at radius 1 is 1.25 bits per heavy atom. The largest absolute Gasteiger partial charge is 0.379 e. The van der Waals surface area contributed by atoms with Crippen molar-refractivity contribution in [2.75, 3.05) is 32.8 Å². The van der Waals surface area contributed by atoms with Crippen LogP contribution in [-0.4, -0.2) is 50.8 Å². The van der Waals surface area contributed by atoms with E-state index in [1.54, 1.807) is 0 Å². The Balaban J connectivity index is 1.39. The van der Waals surface area contributed by atoms with Crippen molar-refractivity contribution < 1.29 is 9.53 Å². The summed E-state index contributed by atoms with van der Waals surface area (Å²) in [7, 11) is 0. The lowest BCUT2D eigenvalue weighted by Gasteiger charge is -2.33. The van der Waals surface area contributed by atoms with Crippen LogP contribution in [0.5, 0.6) is 0 Å². The van der Waals surface area contributed by atoms with Gasteiger partial charge in [0.25, 0.3) is 5.91 Å². The van der Waals surface area contributed by atoms with Crippen LogP contribution in [0.1, 0.15) is 35.2 Å². The molecule has 0 radical (unpaired) electrons. The summed E-state index contributed by atoms with van der Waals surface area (Å²) in [5, 5.41) is 10.2. The Hall–Kier alpha value is -1.43. The molecule has 5 nitrogen and oxygen atoms in total. The van der Waals surface area contributed by atoms with Gasteiger partial charge in [-0.2, -0.15) is 0 Å². The van der Waals surface area contributed by atoms with Crippen molar-refractivity contribution in [2.24, 2.45) is 5.92 Å². The van der Waals surface area contributed by atoms with Gasteiger partial charge < -0.3 is 20.7 Å². The van der Waals surface area contributed by atoms with Gasteiger partial charge in [-0.25, -0.2) is 0 Å². The predicted octanol–water partition coefficient (Wildman–Crippen LogP) is 1.47. The Bertz CT molecular complexity index is 526. The molecule has 3 atom stereocenters. The van der Waals surface area contributed by atoms with Gasteiger partial charge in [0.2, 0.25) is 0 Å². The second-order valence-corrected chi connectivity index (χ2v) is 6.91. The first-order valence-electron chi connectivity index (χ1n) is 9.13. The maximum Gasteiger partial charge on any atom is 0.251 e. The van der Waals surface area contributed by atoms with Gasteiger partial charge in [0, 0.05) is 37.3 Å². The molecule has 1 aliphatic carbocycles. The molecule has 1 amide bonds. The average molecular weight is 331 g/mol. The third-order valence-corrected chi connectivity index (χ3v) is 5.17. The van der Waals surface area contributed by atoms with Crippen molar-refractivity contribution in [1.82, 2.24) is 16.0 Å². The van der Waals surface area contributed by atoms with Crippen molar-refractivity contribution >= 4 is 5.91 Å². The zero-order chi connectivity index (χ0) is 16.8. The van der Waals surface area contributed by atoms with E-state index in [0.29, 0.717) is 24.5 Å². The summed E-state index contributed by atoms with van der Waals surface area (Å²) in [6, 6.07) is 8.69. The number of morpholine rings is 1. The van der Waals surface area contributed by atoms with Gasteiger partial charge in [-0.15, -0.1) is 0 Å². The molecule has 2 fully saturated rings. The van der Waals surface area contributed by atoms with E-state index >= 15 is 0 Å². The fourth-order valence-electron chi connectivity index (χ4n) is 3.83. The number of rotatable bonds is 6. The zero-order valence-electron chi connectivity index (χ0n) is 14.5. The van der Waals surface area contributed by atoms with Gasteiger partial charge in [-0.1, -0.05) is 24.1 Å². The number of amides is 1. The van der Waals surface area contributed by atoms with Crippen molar-refractivity contribution in [3.8, 4) is 0 Å². The second kappa shape index (κ2) is 8.60. The standard InChI is InChI=1S/C19H29N3O2/c1-14-5-7-15(8-6-14)19(23)22-10-9-20-17-4-2-3-16(17)18-13-24-12-11-21-18/h5-8,16-18,20-21H,2-4,9-13H2,1H3,(H,22,23). The van der Waals surface area contributed by atoms with Crippen molar-refractivity contribution in [1.29, 1.82) is 0 Å². The van der Waals surface area contributed by atoms with Crippen LogP contribution in [0.25, 0.3) is 0 Å². The number of aryl methyl sites for hydroxylation is 1. The van der Waals surface area contributed by atoms with Gasteiger partial charge in [-0.3, -0.25) is 4.79 Å². The molecule has 1 aromatic carbocycles. The molecule has 5 heteroatoms. The number of carbonyl (C=O) groups is 1. The highest BCUT2D eigenvalue weighted by Crippen LogP contribution is 2.29. The quantitative estimate of drug-likeness (QED) is 0.691. The van der Waals surface area contributed by atoms with E-state index in [-0.39, 0.29) is 5.91 Å². The summed E-state index contributed by atoms with van der Waals surface area (Å²) in [5.41, 5.74) is 1.89. The lowest BCUT2D eigenvalue weighted by Crippen LogP contribution is -2.51. The molecule has 0 bridgehead atoms. The molecule has 1 heterocycles. The predicted molar refractivity (Wildman–Crippen MR) is 95.3 cm³/mol. The molecule has 3 N–H and O–H groups in total. The van der Waals surface area contributed by atoms with E-state index in [4.69, 9.17) is 4.74 Å². The first kappa shape index (κ1) is 17.4. The molecule has 24 heavy (non-hydrogen) atoms. The van der Waals surface area contributed by atoms with Crippen molar-refractivity contribution in [3.63, 3.8) is 0 Å². The number of hydrogen-bond donors (Lipinski definition) is 3. The molecule has 1 aliphatic heterocycles. The molecule has 1 saturated heterocycles. The Morgan fingerprint density at radius 2 is 2.08 bits per heavy atom. The van der Waals surface area contributed by atoms with Crippen LogP contribution in [0.3, 0.4) is 0 Å². The first-order valence-corrected chi connectivity index (χ1v) is 9.13. The molecular weight excluding hydrogens is 302 g/mol. The Labute approximate surface area is 144 Å². The van der Waals surface area contributed by atoms with Crippen LogP contribution >= 0.6 is 0 Å². The first-order chi connectivity index (χ1) is 11.7. The highest BCUT2D eigenvalue weighted by molar-refractivity contribution is 5.94. The maximum atomic E-state index is 12.1. The summed E-state index contributed by atoms with van der Waals surface area (Å²) in [6.45, 7) is 6.10. The fraction of sp³-hybridized carbons (Fsp3) is 0.632. The minimum Gasteiger partial charge on any atom is -0.379 e. The summed E-state index contributed by atoms with van der Waals surface area (Å²) in [6.07, 6.45) is 3.75. The number of nitrogens with one attached hydrogen (secondary N) is 3. The van der Waals surface area contributed by atoms with Crippen LogP contribution in [0.15, 0.2) is 24.3 Å². The number of benzene rings is 1. The molecule has 132 valence electrons. The molecule has 2 aliphatic rings. The summed E-state index contributed by atoms with van der Waals surface area (Å²) in [5.74, 6) is 0.639. The van der Waals surface area contributed by atoms with Crippen LogP contribution in [0.4, 0.5) is 0 Å². The van der Waals surface area contributed by atoms with Crippen LogP contribution in [-0.2, 0) is 4.74 Å². The van der Waals surface area contributed by atoms with E-state index in [9.17, 15) is 4.79 Å². The van der Waals surface area contributed by atoms with Gasteiger partial charge >= 0.3 is 0 Å². The van der Waals surface area contributed by atoms with E-state index in [1.165, 1.54) is 24.8 Å². The summed E-state index contributed by atoms with van der Waals surface area (Å²) < 4.78 is 5.61. The monoisotopic (exact) mass is 331 g/mol. The lowest BCUT2D eigenvalue weighted by molar-refractivity contribution is 0.0526. The van der Waals surface area contributed by atoms with Crippen molar-refractivity contribution in [3.05, 3.63) is 35.4 Å². The van der Waals surface area contributed by atoms with E-state index in [2.05, 4.69) is 16.0 Å². The SMILES string of the molecule is Cc1ccc(C(=O)NCCNC2CCCC2C2COCCN2)cc1. The average Bonchev–Trinajstić information content (AvgIpc) is 3.08. The van der Waals surface area contributed by atoms with Gasteiger partial charge in [0.05, 0.1) is 13.2 Å². The van der Waals surface area contributed by atoms with Gasteiger partial charge in [0.15, 0.2) is 0 Å². The second-order valence-electron chi connectivity index (χ2n) is 6.91. The van der Waals surface area contributed by atoms with Gasteiger partial charge in [-0.05, 0) is 37.8 Å². The zero-order valence-corrected chi connectivity index (χ0v) is 14.5. The molecule has 3 rings (SSSR count). The molecule has 1 saturated carbocycles. The smallest absolute Gasteiger partial charge is 0.251 e. The number of ether oxygens (including phenoxy) is 1. The third kappa shape index (κ3) is 4.56. The van der Waals surface area contributed by atoms with Crippen LogP contribution < -0.4 is 16.0 Å². The minimum absolute atomic E-state index is 0.00196. The third-order valence-electron chi connectivity index (χ3n) is 5.17. The summed E-state index contributed by atoms with van der Waals surface area (Å²) >= 11 is 0. The van der Waals surface area contributed by atoms with Crippen LogP contribution in [0.2, 0.25) is 0 Å². The fourth-order valence-corrected chi connectivity index (χ4v) is 3.83. The maximum absolute atomic E-state index is 12.1. The van der Waals surface area contributed by atoms with E-state index in [0.717, 1.165) is 31.9 Å². The Kier molecular flexibility index (Phi) is 6.24. The highest BCUT2D eigenvalue weighted by Gasteiger charge is 2.34. The topological polar surface area (TPSA) is 62.4 Å². The van der Waals surface area contributed by atoms with Crippen molar-refractivity contribution in [2.45, 2.75) is 38.3 Å². The molecular formula is C19H29N3O2.